The van der Waals surface area contributed by atoms with E-state index in [4.69, 9.17) is 10.5 Å². The van der Waals surface area contributed by atoms with Crippen molar-refractivity contribution in [2.45, 2.75) is 32.9 Å². The van der Waals surface area contributed by atoms with Crippen LogP contribution in [-0.4, -0.2) is 47.9 Å². The molecule has 1 aromatic heterocycles. The lowest BCUT2D eigenvalue weighted by molar-refractivity contribution is -0.122. The van der Waals surface area contributed by atoms with Crippen LogP contribution in [0, 0.1) is 5.92 Å². The van der Waals surface area contributed by atoms with E-state index in [1.807, 2.05) is 13.8 Å². The van der Waals surface area contributed by atoms with Gasteiger partial charge in [0.2, 0.25) is 11.8 Å². The van der Waals surface area contributed by atoms with E-state index in [-0.39, 0.29) is 30.8 Å². The monoisotopic (exact) mass is 347 g/mol. The summed E-state index contributed by atoms with van der Waals surface area (Å²) in [5, 5.41) is 9.41. The zero-order valence-electron chi connectivity index (χ0n) is 13.7. The highest BCUT2D eigenvalue weighted by molar-refractivity contribution is 5.94. The summed E-state index contributed by atoms with van der Waals surface area (Å²) in [6.45, 7) is 5.00. The Morgan fingerprint density at radius 2 is 2.13 bits per heavy atom. The molecule has 0 aliphatic heterocycles. The van der Waals surface area contributed by atoms with Crippen LogP contribution in [0.15, 0.2) is 12.4 Å². The average Bonchev–Trinajstić information content (AvgIpc) is 2.85. The molecule has 0 saturated carbocycles. The van der Waals surface area contributed by atoms with Crippen molar-refractivity contribution in [3.05, 3.63) is 12.4 Å². The highest BCUT2D eigenvalue weighted by atomic mass is 35.5. The first-order chi connectivity index (χ1) is 10.4. The van der Waals surface area contributed by atoms with Crippen LogP contribution >= 0.6 is 12.4 Å². The lowest BCUT2D eigenvalue weighted by Crippen LogP contribution is -2.36. The van der Waals surface area contributed by atoms with Gasteiger partial charge < -0.3 is 21.1 Å². The average molecular weight is 348 g/mol. The van der Waals surface area contributed by atoms with Gasteiger partial charge in [-0.25, -0.2) is 0 Å². The standard InChI is InChI=1S/C14H25N5O3.ClH/c1-10(2)6-12(15)14(21)18-11-7-17-19(8-11)9-13(20)16-4-5-22-3;/h7-8,10,12H,4-6,9,15H2,1-3H3,(H,16,20)(H,18,21);1H/t12-;/m0./s1. The summed E-state index contributed by atoms with van der Waals surface area (Å²) < 4.78 is 6.29. The third kappa shape index (κ3) is 8.53. The van der Waals surface area contributed by atoms with Gasteiger partial charge in [0.25, 0.3) is 0 Å². The van der Waals surface area contributed by atoms with E-state index in [0.717, 1.165) is 0 Å². The highest BCUT2D eigenvalue weighted by Crippen LogP contribution is 2.08. The quantitative estimate of drug-likeness (QED) is 0.559. The molecule has 8 nitrogen and oxygen atoms in total. The second-order valence-electron chi connectivity index (χ2n) is 5.49. The second-order valence-corrected chi connectivity index (χ2v) is 5.49. The molecule has 2 amide bonds. The molecule has 0 spiro atoms. The molecule has 4 N–H and O–H groups in total. The van der Waals surface area contributed by atoms with Crippen LogP contribution in [0.1, 0.15) is 20.3 Å². The number of amides is 2. The zero-order valence-corrected chi connectivity index (χ0v) is 14.6. The van der Waals surface area contributed by atoms with Gasteiger partial charge >= 0.3 is 0 Å². The Morgan fingerprint density at radius 1 is 1.43 bits per heavy atom. The fourth-order valence-corrected chi connectivity index (χ4v) is 1.86. The number of aromatic nitrogens is 2. The predicted octanol–water partition coefficient (Wildman–Crippen LogP) is 0.379. The Labute approximate surface area is 142 Å². The van der Waals surface area contributed by atoms with Crippen molar-refractivity contribution in [1.82, 2.24) is 15.1 Å². The van der Waals surface area contributed by atoms with Crippen LogP contribution in [0.3, 0.4) is 0 Å². The molecule has 0 unspecified atom stereocenters. The molecule has 1 atom stereocenters. The Hall–Kier alpha value is -1.64. The number of hydrogen-bond acceptors (Lipinski definition) is 5. The summed E-state index contributed by atoms with van der Waals surface area (Å²) in [5.41, 5.74) is 6.33. The summed E-state index contributed by atoms with van der Waals surface area (Å²) in [6, 6.07) is -0.555. The van der Waals surface area contributed by atoms with Crippen LogP contribution in [0.4, 0.5) is 5.69 Å². The van der Waals surface area contributed by atoms with E-state index >= 15 is 0 Å². The lowest BCUT2D eigenvalue weighted by Gasteiger charge is -2.13. The second kappa shape index (κ2) is 11.0. The Morgan fingerprint density at radius 3 is 2.74 bits per heavy atom. The third-order valence-corrected chi connectivity index (χ3v) is 2.90. The number of nitrogens with zero attached hydrogens (tertiary/aromatic N) is 2. The molecule has 0 bridgehead atoms. The fourth-order valence-electron chi connectivity index (χ4n) is 1.86. The van der Waals surface area contributed by atoms with Gasteiger partial charge in [-0.2, -0.15) is 5.10 Å². The van der Waals surface area contributed by atoms with Crippen molar-refractivity contribution in [3.8, 4) is 0 Å². The normalized spacial score (nSPS) is 11.7. The Balaban J connectivity index is 0.00000484. The minimum Gasteiger partial charge on any atom is -0.383 e. The zero-order chi connectivity index (χ0) is 16.5. The molecule has 23 heavy (non-hydrogen) atoms. The fraction of sp³-hybridized carbons (Fsp3) is 0.643. The number of rotatable bonds is 9. The molecule has 0 aromatic carbocycles. The molecule has 1 heterocycles. The number of halogens is 1. The van der Waals surface area contributed by atoms with Crippen LogP contribution in [0.2, 0.25) is 0 Å². The lowest BCUT2D eigenvalue weighted by atomic mass is 10.0. The van der Waals surface area contributed by atoms with Gasteiger partial charge in [0.05, 0.1) is 24.5 Å². The Bertz CT molecular complexity index is 493. The van der Waals surface area contributed by atoms with Gasteiger partial charge in [-0.3, -0.25) is 14.3 Å². The highest BCUT2D eigenvalue weighted by Gasteiger charge is 2.15. The summed E-state index contributed by atoms with van der Waals surface area (Å²) >= 11 is 0. The maximum Gasteiger partial charge on any atom is 0.241 e. The number of nitrogens with two attached hydrogens (primary N) is 1. The van der Waals surface area contributed by atoms with Gasteiger partial charge in [0.1, 0.15) is 6.54 Å². The molecule has 1 aromatic rings. The molecule has 0 fully saturated rings. The van der Waals surface area contributed by atoms with Gasteiger partial charge in [-0.15, -0.1) is 12.4 Å². The number of carbonyl (C=O) groups excluding carboxylic acids is 2. The number of nitrogens with one attached hydrogen (secondary N) is 2. The largest absolute Gasteiger partial charge is 0.383 e. The smallest absolute Gasteiger partial charge is 0.241 e. The summed E-state index contributed by atoms with van der Waals surface area (Å²) in [7, 11) is 1.57. The molecule has 132 valence electrons. The van der Waals surface area contributed by atoms with Crippen LogP contribution < -0.4 is 16.4 Å². The first-order valence-electron chi connectivity index (χ1n) is 7.27. The molecular formula is C14H26ClN5O3. The van der Waals surface area contributed by atoms with E-state index in [2.05, 4.69) is 15.7 Å². The van der Waals surface area contributed by atoms with Gasteiger partial charge in [0.15, 0.2) is 0 Å². The maximum atomic E-state index is 11.9. The number of hydrogen-bond donors (Lipinski definition) is 3. The minimum atomic E-state index is -0.555. The van der Waals surface area contributed by atoms with Crippen LogP contribution in [0.5, 0.6) is 0 Å². The SMILES string of the molecule is COCCNC(=O)Cn1cc(NC(=O)[C@@H](N)CC(C)C)cn1.Cl. The summed E-state index contributed by atoms with van der Waals surface area (Å²) in [6.07, 6.45) is 3.69. The molecule has 0 aliphatic carbocycles. The van der Waals surface area contributed by atoms with Crippen molar-refractivity contribution < 1.29 is 14.3 Å². The van der Waals surface area contributed by atoms with E-state index in [1.165, 1.54) is 10.9 Å². The van der Waals surface area contributed by atoms with Crippen molar-refractivity contribution in [2.75, 3.05) is 25.6 Å². The molecule has 9 heteroatoms. The Kier molecular flexibility index (Phi) is 10.2. The molecule has 0 saturated heterocycles. The van der Waals surface area contributed by atoms with Crippen molar-refractivity contribution in [2.24, 2.45) is 11.7 Å². The summed E-state index contributed by atoms with van der Waals surface area (Å²) in [5.74, 6) is -0.0772. The van der Waals surface area contributed by atoms with E-state index in [9.17, 15) is 9.59 Å². The predicted molar refractivity (Wildman–Crippen MR) is 90.4 cm³/mol. The van der Waals surface area contributed by atoms with Crippen molar-refractivity contribution in [1.29, 1.82) is 0 Å². The number of carbonyl (C=O) groups is 2. The third-order valence-electron chi connectivity index (χ3n) is 2.90. The van der Waals surface area contributed by atoms with E-state index in [0.29, 0.717) is 31.2 Å². The number of ether oxygens (including phenoxy) is 1. The van der Waals surface area contributed by atoms with Gasteiger partial charge in [-0.1, -0.05) is 13.8 Å². The van der Waals surface area contributed by atoms with Crippen molar-refractivity contribution in [3.63, 3.8) is 0 Å². The number of methoxy groups -OCH3 is 1. The van der Waals surface area contributed by atoms with Crippen LogP contribution in [0.25, 0.3) is 0 Å². The molecular weight excluding hydrogens is 322 g/mol. The van der Waals surface area contributed by atoms with E-state index in [1.54, 1.807) is 13.3 Å². The first-order valence-corrected chi connectivity index (χ1v) is 7.27. The van der Waals surface area contributed by atoms with Gasteiger partial charge in [0, 0.05) is 19.9 Å². The number of anilines is 1. The maximum absolute atomic E-state index is 11.9. The van der Waals surface area contributed by atoms with Crippen molar-refractivity contribution >= 4 is 29.9 Å². The summed E-state index contributed by atoms with van der Waals surface area (Å²) in [4.78, 5) is 23.5. The molecule has 0 aliphatic rings. The van der Waals surface area contributed by atoms with Gasteiger partial charge in [-0.05, 0) is 12.3 Å². The first kappa shape index (κ1) is 21.4. The molecule has 1 rings (SSSR count). The van der Waals surface area contributed by atoms with E-state index < -0.39 is 6.04 Å². The minimum absolute atomic E-state index is 0. The molecule has 0 radical (unpaired) electrons. The van der Waals surface area contributed by atoms with Crippen LogP contribution in [-0.2, 0) is 20.9 Å². The topological polar surface area (TPSA) is 111 Å².